The topological polar surface area (TPSA) is 79.3 Å². The van der Waals surface area contributed by atoms with Crippen molar-refractivity contribution in [2.75, 3.05) is 46.4 Å². The highest BCUT2D eigenvalue weighted by Crippen LogP contribution is 2.18. The van der Waals surface area contributed by atoms with Gasteiger partial charge in [-0.25, -0.2) is 4.79 Å². The molecule has 1 fully saturated rings. The van der Waals surface area contributed by atoms with Gasteiger partial charge in [0, 0.05) is 44.4 Å². The maximum Gasteiger partial charge on any atom is 0.335 e. The molecule has 1 heterocycles. The Kier molecular flexibility index (Phi) is 6.49. The van der Waals surface area contributed by atoms with Crippen molar-refractivity contribution in [3.05, 3.63) is 59.7 Å². The van der Waals surface area contributed by atoms with Gasteiger partial charge in [-0.2, -0.15) is 0 Å². The monoisotopic (exact) mass is 384 g/mol. The molecule has 0 aromatic heterocycles. The van der Waals surface area contributed by atoms with Crippen LogP contribution < -0.4 is 9.47 Å². The van der Waals surface area contributed by atoms with Gasteiger partial charge in [0.1, 0.15) is 18.1 Å². The first kappa shape index (κ1) is 19.7. The first-order valence-electron chi connectivity index (χ1n) is 9.18. The summed E-state index contributed by atoms with van der Waals surface area (Å²) >= 11 is 0. The molecule has 1 N–H and O–H groups in total. The quantitative estimate of drug-likeness (QED) is 0.789. The summed E-state index contributed by atoms with van der Waals surface area (Å²) in [7, 11) is 1.63. The minimum absolute atomic E-state index is 0.0655. The number of carboxylic acids is 1. The smallest absolute Gasteiger partial charge is 0.335 e. The Bertz CT molecular complexity index is 814. The van der Waals surface area contributed by atoms with E-state index in [4.69, 9.17) is 14.6 Å². The van der Waals surface area contributed by atoms with Crippen molar-refractivity contribution in [1.29, 1.82) is 0 Å². The molecule has 28 heavy (non-hydrogen) atoms. The largest absolute Gasteiger partial charge is 0.497 e. The number of carbonyl (C=O) groups excluding carboxylic acids is 1. The third kappa shape index (κ3) is 5.01. The van der Waals surface area contributed by atoms with Crippen LogP contribution in [-0.4, -0.2) is 73.2 Å². The second-order valence-electron chi connectivity index (χ2n) is 6.54. The van der Waals surface area contributed by atoms with E-state index in [1.165, 1.54) is 12.1 Å². The van der Waals surface area contributed by atoms with Crippen LogP contribution in [0.2, 0.25) is 0 Å². The number of benzene rings is 2. The van der Waals surface area contributed by atoms with Crippen molar-refractivity contribution in [2.24, 2.45) is 0 Å². The van der Waals surface area contributed by atoms with Gasteiger partial charge < -0.3 is 19.5 Å². The van der Waals surface area contributed by atoms with Gasteiger partial charge in [0.05, 0.1) is 12.7 Å². The number of amides is 1. The van der Waals surface area contributed by atoms with Crippen molar-refractivity contribution in [3.63, 3.8) is 0 Å². The van der Waals surface area contributed by atoms with Crippen LogP contribution in [0, 0.1) is 0 Å². The summed E-state index contributed by atoms with van der Waals surface area (Å²) in [4.78, 5) is 27.5. The van der Waals surface area contributed by atoms with Crippen LogP contribution in [0.3, 0.4) is 0 Å². The third-order valence-corrected chi connectivity index (χ3v) is 4.76. The number of hydrogen-bond donors (Lipinski definition) is 1. The van der Waals surface area contributed by atoms with Gasteiger partial charge in [0.15, 0.2) is 0 Å². The second kappa shape index (κ2) is 9.23. The van der Waals surface area contributed by atoms with Crippen molar-refractivity contribution in [1.82, 2.24) is 9.80 Å². The van der Waals surface area contributed by atoms with Gasteiger partial charge in [-0.05, 0) is 36.4 Å². The molecule has 1 amide bonds. The van der Waals surface area contributed by atoms with Crippen LogP contribution in [-0.2, 0) is 0 Å². The van der Waals surface area contributed by atoms with Crippen LogP contribution in [0.5, 0.6) is 11.5 Å². The van der Waals surface area contributed by atoms with Crippen molar-refractivity contribution < 1.29 is 24.2 Å². The first-order chi connectivity index (χ1) is 13.6. The highest BCUT2D eigenvalue weighted by Gasteiger charge is 2.22. The van der Waals surface area contributed by atoms with Crippen LogP contribution in [0.1, 0.15) is 20.7 Å². The molecule has 0 bridgehead atoms. The molecular weight excluding hydrogens is 360 g/mol. The maximum atomic E-state index is 12.6. The van der Waals surface area contributed by atoms with Gasteiger partial charge in [-0.15, -0.1) is 0 Å². The number of nitrogens with zero attached hydrogens (tertiary/aromatic N) is 2. The highest BCUT2D eigenvalue weighted by atomic mass is 16.5. The van der Waals surface area contributed by atoms with Gasteiger partial charge in [0.25, 0.3) is 5.91 Å². The van der Waals surface area contributed by atoms with Gasteiger partial charge >= 0.3 is 5.97 Å². The Hall–Kier alpha value is -3.06. The van der Waals surface area contributed by atoms with E-state index >= 15 is 0 Å². The molecule has 0 unspecified atom stereocenters. The Morgan fingerprint density at radius 3 is 2.25 bits per heavy atom. The molecule has 0 aliphatic carbocycles. The molecule has 0 saturated carbocycles. The fourth-order valence-electron chi connectivity index (χ4n) is 3.10. The molecule has 148 valence electrons. The van der Waals surface area contributed by atoms with E-state index in [1.807, 2.05) is 24.3 Å². The molecule has 1 aliphatic heterocycles. The number of ether oxygens (including phenoxy) is 2. The first-order valence-corrected chi connectivity index (χ1v) is 9.18. The van der Waals surface area contributed by atoms with Crippen LogP contribution in [0.15, 0.2) is 48.5 Å². The van der Waals surface area contributed by atoms with Crippen molar-refractivity contribution in [2.45, 2.75) is 0 Å². The molecule has 0 atom stereocenters. The lowest BCUT2D eigenvalue weighted by Crippen LogP contribution is -2.49. The van der Waals surface area contributed by atoms with E-state index in [0.717, 1.165) is 31.1 Å². The summed E-state index contributed by atoms with van der Waals surface area (Å²) < 4.78 is 11.0. The molecule has 7 heteroatoms. The van der Waals surface area contributed by atoms with Crippen LogP contribution in [0.4, 0.5) is 0 Å². The summed E-state index contributed by atoms with van der Waals surface area (Å²) in [6, 6.07) is 13.6. The number of aromatic carboxylic acids is 1. The average Bonchev–Trinajstić information content (AvgIpc) is 2.74. The van der Waals surface area contributed by atoms with E-state index in [-0.39, 0.29) is 11.5 Å². The fourth-order valence-corrected chi connectivity index (χ4v) is 3.10. The predicted molar refractivity (Wildman–Crippen MR) is 104 cm³/mol. The Morgan fingerprint density at radius 1 is 0.964 bits per heavy atom. The van der Waals surface area contributed by atoms with Crippen molar-refractivity contribution >= 4 is 11.9 Å². The zero-order valence-corrected chi connectivity index (χ0v) is 15.8. The lowest BCUT2D eigenvalue weighted by molar-refractivity contribution is 0.0618. The molecule has 2 aromatic rings. The van der Waals surface area contributed by atoms with E-state index in [9.17, 15) is 9.59 Å². The number of carboxylic acid groups (broad SMARTS) is 1. The fraction of sp³-hybridized carbons (Fsp3) is 0.333. The lowest BCUT2D eigenvalue weighted by Gasteiger charge is -2.34. The van der Waals surface area contributed by atoms with Gasteiger partial charge in [0.2, 0.25) is 0 Å². The highest BCUT2D eigenvalue weighted by molar-refractivity contribution is 5.96. The number of methoxy groups -OCH3 is 1. The average molecular weight is 384 g/mol. The van der Waals surface area contributed by atoms with Crippen LogP contribution in [0.25, 0.3) is 0 Å². The van der Waals surface area contributed by atoms with E-state index < -0.39 is 5.97 Å². The zero-order chi connectivity index (χ0) is 19.9. The molecule has 2 aromatic carbocycles. The summed E-state index contributed by atoms with van der Waals surface area (Å²) in [6.07, 6.45) is 0. The van der Waals surface area contributed by atoms with E-state index in [1.54, 1.807) is 24.1 Å². The zero-order valence-electron chi connectivity index (χ0n) is 15.8. The van der Waals surface area contributed by atoms with Gasteiger partial charge in [-0.3, -0.25) is 9.69 Å². The Morgan fingerprint density at radius 2 is 1.61 bits per heavy atom. The summed E-state index contributed by atoms with van der Waals surface area (Å²) in [5, 5.41) is 8.94. The SMILES string of the molecule is COc1cccc(OCCN2CCN(C(=O)c3ccc(C(=O)O)cc3)CC2)c1. The number of piperazine rings is 1. The van der Waals surface area contributed by atoms with Crippen molar-refractivity contribution in [3.8, 4) is 11.5 Å². The summed E-state index contributed by atoms with van der Waals surface area (Å²) in [5.41, 5.74) is 0.692. The van der Waals surface area contributed by atoms with E-state index in [2.05, 4.69) is 4.90 Å². The Balaban J connectivity index is 1.43. The normalized spacial score (nSPS) is 14.5. The minimum Gasteiger partial charge on any atom is -0.497 e. The lowest BCUT2D eigenvalue weighted by atomic mass is 10.1. The Labute approximate surface area is 164 Å². The minimum atomic E-state index is -0.997. The predicted octanol–water partition coefficient (Wildman–Crippen LogP) is 2.23. The van der Waals surface area contributed by atoms with E-state index in [0.29, 0.717) is 25.3 Å². The molecule has 1 saturated heterocycles. The number of hydrogen-bond acceptors (Lipinski definition) is 5. The molecule has 7 nitrogen and oxygen atoms in total. The van der Waals surface area contributed by atoms with Gasteiger partial charge in [-0.1, -0.05) is 6.07 Å². The molecule has 0 radical (unpaired) electrons. The third-order valence-electron chi connectivity index (χ3n) is 4.76. The summed E-state index contributed by atoms with van der Waals surface area (Å²) in [5.74, 6) is 0.479. The second-order valence-corrected chi connectivity index (χ2v) is 6.54. The molecule has 3 rings (SSSR count). The number of carbonyl (C=O) groups is 2. The molecular formula is C21H24N2O5. The van der Waals surface area contributed by atoms with Crippen LogP contribution >= 0.6 is 0 Å². The number of rotatable bonds is 7. The molecule has 0 spiro atoms. The maximum absolute atomic E-state index is 12.6. The summed E-state index contributed by atoms with van der Waals surface area (Å²) in [6.45, 7) is 4.18. The molecule has 1 aliphatic rings. The standard InChI is InChI=1S/C21H24N2O5/c1-27-18-3-2-4-19(15-18)28-14-13-22-9-11-23(12-10-22)20(24)16-5-7-17(8-6-16)21(25)26/h2-8,15H,9-14H2,1H3,(H,25,26).